The van der Waals surface area contributed by atoms with E-state index in [9.17, 15) is 14.0 Å². The van der Waals surface area contributed by atoms with E-state index in [4.69, 9.17) is 4.74 Å². The van der Waals surface area contributed by atoms with Crippen LogP contribution in [-0.2, 0) is 28.9 Å². The van der Waals surface area contributed by atoms with E-state index in [-0.39, 0.29) is 29.9 Å². The molecule has 0 saturated carbocycles. The van der Waals surface area contributed by atoms with E-state index in [1.807, 2.05) is 24.3 Å². The largest absolute Gasteiger partial charge is 0.497 e. The van der Waals surface area contributed by atoms with Crippen molar-refractivity contribution < 1.29 is 23.5 Å². The summed E-state index contributed by atoms with van der Waals surface area (Å²) in [6, 6.07) is 13.8. The molecule has 4 rings (SSSR count). The first-order valence-corrected chi connectivity index (χ1v) is 10.3. The number of esters is 1. The Morgan fingerprint density at radius 1 is 1.00 bits per heavy atom. The topological polar surface area (TPSA) is 83.3 Å². The van der Waals surface area contributed by atoms with Gasteiger partial charge in [-0.05, 0) is 53.1 Å². The molecule has 2 heterocycles. The van der Waals surface area contributed by atoms with Gasteiger partial charge in [0, 0.05) is 30.6 Å². The van der Waals surface area contributed by atoms with Crippen LogP contribution in [0, 0.1) is 5.82 Å². The Bertz CT molecular complexity index is 1320. The second-order valence-electron chi connectivity index (χ2n) is 7.61. The number of aromatic nitrogens is 3. The maximum atomic E-state index is 14.7. The normalized spacial score (nSPS) is 10.9. The van der Waals surface area contributed by atoms with Crippen molar-refractivity contribution in [3.05, 3.63) is 89.1 Å². The molecule has 0 fully saturated rings. The lowest BCUT2D eigenvalue weighted by Crippen LogP contribution is -2.10. The SMILES string of the molecule is COC(=O)c1cc(CC(=O)Cc2cc3nn(Cc4ccc(OC)cc4)cc3cc2F)ccn1. The highest BCUT2D eigenvalue weighted by Gasteiger charge is 2.14. The molecule has 168 valence electrons. The molecule has 0 aliphatic rings. The van der Waals surface area contributed by atoms with Gasteiger partial charge in [0.1, 0.15) is 23.0 Å². The van der Waals surface area contributed by atoms with E-state index in [2.05, 4.69) is 14.8 Å². The van der Waals surface area contributed by atoms with Crippen molar-refractivity contribution in [3.63, 3.8) is 0 Å². The van der Waals surface area contributed by atoms with Gasteiger partial charge in [-0.15, -0.1) is 0 Å². The van der Waals surface area contributed by atoms with Crippen LogP contribution in [-0.4, -0.2) is 40.7 Å². The Morgan fingerprint density at radius 3 is 2.52 bits per heavy atom. The average molecular weight is 447 g/mol. The van der Waals surface area contributed by atoms with Gasteiger partial charge >= 0.3 is 5.97 Å². The number of methoxy groups -OCH3 is 2. The zero-order valence-corrected chi connectivity index (χ0v) is 18.2. The highest BCUT2D eigenvalue weighted by atomic mass is 19.1. The number of nitrogens with zero attached hydrogens (tertiary/aromatic N) is 3. The minimum atomic E-state index is -0.578. The van der Waals surface area contributed by atoms with E-state index < -0.39 is 11.8 Å². The molecule has 2 aromatic carbocycles. The molecule has 0 aliphatic carbocycles. The molecule has 0 bridgehead atoms. The molecule has 0 aliphatic heterocycles. The Kier molecular flexibility index (Phi) is 6.44. The molecule has 0 spiro atoms. The number of hydrogen-bond acceptors (Lipinski definition) is 6. The monoisotopic (exact) mass is 447 g/mol. The van der Waals surface area contributed by atoms with Gasteiger partial charge in [0.25, 0.3) is 0 Å². The van der Waals surface area contributed by atoms with E-state index in [0.717, 1.165) is 11.3 Å². The summed E-state index contributed by atoms with van der Waals surface area (Å²) in [5.74, 6) is -0.446. The van der Waals surface area contributed by atoms with Crippen LogP contribution in [0.15, 0.2) is 60.9 Å². The summed E-state index contributed by atoms with van der Waals surface area (Å²) in [5, 5.41) is 5.19. The molecular formula is C25H22FN3O4. The molecule has 2 aromatic heterocycles. The van der Waals surface area contributed by atoms with E-state index in [1.54, 1.807) is 30.1 Å². The molecule has 0 radical (unpaired) electrons. The summed E-state index contributed by atoms with van der Waals surface area (Å²) < 4.78 is 26.2. The van der Waals surface area contributed by atoms with Crippen molar-refractivity contribution in [2.45, 2.75) is 19.4 Å². The van der Waals surface area contributed by atoms with Gasteiger partial charge in [-0.1, -0.05) is 12.1 Å². The zero-order chi connectivity index (χ0) is 23.4. The number of ether oxygens (including phenoxy) is 2. The maximum Gasteiger partial charge on any atom is 0.356 e. The van der Waals surface area contributed by atoms with Gasteiger partial charge in [0.15, 0.2) is 0 Å². The fourth-order valence-corrected chi connectivity index (χ4v) is 3.58. The fraction of sp³-hybridized carbons (Fsp3) is 0.200. The summed E-state index contributed by atoms with van der Waals surface area (Å²) in [5.41, 5.74) is 2.66. The van der Waals surface area contributed by atoms with Crippen molar-refractivity contribution in [1.82, 2.24) is 14.8 Å². The number of ketones is 1. The van der Waals surface area contributed by atoms with Crippen LogP contribution in [0.5, 0.6) is 5.75 Å². The van der Waals surface area contributed by atoms with Gasteiger partial charge in [0.2, 0.25) is 0 Å². The van der Waals surface area contributed by atoms with Crippen molar-refractivity contribution in [3.8, 4) is 5.75 Å². The van der Waals surface area contributed by atoms with E-state index in [1.165, 1.54) is 25.4 Å². The van der Waals surface area contributed by atoms with Crippen LogP contribution in [0.3, 0.4) is 0 Å². The Hall–Kier alpha value is -4.07. The van der Waals surface area contributed by atoms with E-state index >= 15 is 0 Å². The number of pyridine rings is 1. The number of halogens is 1. The summed E-state index contributed by atoms with van der Waals surface area (Å²) in [4.78, 5) is 28.1. The molecule has 0 atom stereocenters. The quantitative estimate of drug-likeness (QED) is 0.383. The van der Waals surface area contributed by atoms with E-state index in [0.29, 0.717) is 23.0 Å². The molecule has 0 N–H and O–H groups in total. The molecule has 8 heteroatoms. The second kappa shape index (κ2) is 9.60. The highest BCUT2D eigenvalue weighted by Crippen LogP contribution is 2.21. The number of hydrogen-bond donors (Lipinski definition) is 0. The molecule has 33 heavy (non-hydrogen) atoms. The zero-order valence-electron chi connectivity index (χ0n) is 18.2. The van der Waals surface area contributed by atoms with Gasteiger partial charge in [-0.3, -0.25) is 9.48 Å². The Morgan fingerprint density at radius 2 is 1.79 bits per heavy atom. The lowest BCUT2D eigenvalue weighted by Gasteiger charge is -2.05. The lowest BCUT2D eigenvalue weighted by molar-refractivity contribution is -0.117. The third kappa shape index (κ3) is 5.23. The number of benzene rings is 2. The smallest absolute Gasteiger partial charge is 0.356 e. The first-order chi connectivity index (χ1) is 15.9. The predicted molar refractivity (Wildman–Crippen MR) is 120 cm³/mol. The van der Waals surface area contributed by atoms with Crippen LogP contribution in [0.4, 0.5) is 4.39 Å². The van der Waals surface area contributed by atoms with Crippen LogP contribution in [0.1, 0.15) is 27.2 Å². The highest BCUT2D eigenvalue weighted by molar-refractivity contribution is 5.88. The lowest BCUT2D eigenvalue weighted by atomic mass is 10.0. The second-order valence-corrected chi connectivity index (χ2v) is 7.61. The number of rotatable bonds is 8. The number of Topliss-reactive ketones (excluding diaryl/α,β-unsaturated/α-hetero) is 1. The fourth-order valence-electron chi connectivity index (χ4n) is 3.58. The van der Waals surface area contributed by atoms with Gasteiger partial charge < -0.3 is 9.47 Å². The van der Waals surface area contributed by atoms with Crippen molar-refractivity contribution in [2.75, 3.05) is 14.2 Å². The molecule has 0 amide bonds. The van der Waals surface area contributed by atoms with Gasteiger partial charge in [0.05, 0.1) is 26.3 Å². The van der Waals surface area contributed by atoms with Gasteiger partial charge in [-0.25, -0.2) is 14.2 Å². The number of carbonyl (C=O) groups is 2. The summed E-state index contributed by atoms with van der Waals surface area (Å²) >= 11 is 0. The van der Waals surface area contributed by atoms with Crippen LogP contribution < -0.4 is 4.74 Å². The maximum absolute atomic E-state index is 14.7. The summed E-state index contributed by atoms with van der Waals surface area (Å²) in [6.07, 6.45) is 3.19. The summed E-state index contributed by atoms with van der Waals surface area (Å²) in [7, 11) is 2.88. The van der Waals surface area contributed by atoms with Crippen LogP contribution in [0.2, 0.25) is 0 Å². The molecular weight excluding hydrogens is 425 g/mol. The van der Waals surface area contributed by atoms with Crippen LogP contribution in [0.25, 0.3) is 10.9 Å². The molecule has 4 aromatic rings. The Balaban J connectivity index is 1.48. The van der Waals surface area contributed by atoms with Crippen molar-refractivity contribution in [2.24, 2.45) is 0 Å². The first-order valence-electron chi connectivity index (χ1n) is 10.3. The summed E-state index contributed by atoms with van der Waals surface area (Å²) in [6.45, 7) is 0.527. The third-order valence-corrected chi connectivity index (χ3v) is 5.23. The minimum Gasteiger partial charge on any atom is -0.497 e. The predicted octanol–water partition coefficient (Wildman–Crippen LogP) is 3.77. The number of fused-ring (bicyclic) bond motifs is 1. The molecule has 0 unspecified atom stereocenters. The molecule has 0 saturated heterocycles. The van der Waals surface area contributed by atoms with Gasteiger partial charge in [-0.2, -0.15) is 5.10 Å². The number of carbonyl (C=O) groups excluding carboxylic acids is 2. The first kappa shape index (κ1) is 22.1. The van der Waals surface area contributed by atoms with Crippen molar-refractivity contribution >= 4 is 22.7 Å². The standard InChI is InChI=1S/C25H22FN3O4/c1-32-21-5-3-16(4-6-21)14-29-15-19-12-22(26)18(13-23(19)28-29)11-20(30)9-17-7-8-27-24(10-17)25(31)33-2/h3-8,10,12-13,15H,9,11,14H2,1-2H3. The third-order valence-electron chi connectivity index (χ3n) is 5.23. The van der Waals surface area contributed by atoms with Crippen LogP contribution >= 0.6 is 0 Å². The molecule has 7 nitrogen and oxygen atoms in total. The average Bonchev–Trinajstić information content (AvgIpc) is 3.20. The Labute approximate surface area is 189 Å². The minimum absolute atomic E-state index is 0.0515. The van der Waals surface area contributed by atoms with Crippen molar-refractivity contribution in [1.29, 1.82) is 0 Å².